The Morgan fingerprint density at radius 3 is 2.14 bits per heavy atom. The van der Waals surface area contributed by atoms with Gasteiger partial charge in [0.05, 0.1) is 5.52 Å². The quantitative estimate of drug-likeness (QED) is 0.212. The Labute approximate surface area is 245 Å². The van der Waals surface area contributed by atoms with Crippen molar-refractivity contribution in [1.82, 2.24) is 4.98 Å². The van der Waals surface area contributed by atoms with Crippen LogP contribution in [-0.4, -0.2) is 4.98 Å². The Kier molecular flexibility index (Phi) is 4.87. The second-order valence-electron chi connectivity index (χ2n) is 11.9. The van der Waals surface area contributed by atoms with E-state index in [0.29, 0.717) is 0 Å². The Morgan fingerprint density at radius 1 is 0.619 bits per heavy atom. The molecule has 1 N–H and O–H groups in total. The standard InChI is InChI=1S/C41H29N/c1-41-24-12-11-21-35(41)37(26-13-3-2-4-14-26)31-18-8-9-19-32(31)39(41)27-22-23-34-36(25-27)42-40-33-20-10-6-16-29(33)28-15-5-7-17-30(28)38(34)40/h2-25,39,42H,1H3. The molecule has 6 aromatic carbocycles. The van der Waals surface area contributed by atoms with Crippen LogP contribution in [0.4, 0.5) is 0 Å². The van der Waals surface area contributed by atoms with Gasteiger partial charge in [0.15, 0.2) is 0 Å². The van der Waals surface area contributed by atoms with Crippen molar-refractivity contribution in [1.29, 1.82) is 0 Å². The Hall–Kier alpha value is -5.14. The van der Waals surface area contributed by atoms with Crippen LogP contribution >= 0.6 is 0 Å². The zero-order chi connectivity index (χ0) is 27.8. The molecule has 0 saturated carbocycles. The summed E-state index contributed by atoms with van der Waals surface area (Å²) in [4.78, 5) is 3.89. The molecule has 0 bridgehead atoms. The normalized spacial score (nSPS) is 19.6. The van der Waals surface area contributed by atoms with Crippen molar-refractivity contribution in [2.45, 2.75) is 12.8 Å². The predicted molar refractivity (Wildman–Crippen MR) is 178 cm³/mol. The summed E-state index contributed by atoms with van der Waals surface area (Å²) in [7, 11) is 0. The summed E-state index contributed by atoms with van der Waals surface area (Å²) in [6.45, 7) is 2.42. The van der Waals surface area contributed by atoms with Gasteiger partial charge in [-0.1, -0.05) is 146 Å². The molecule has 7 aromatic rings. The van der Waals surface area contributed by atoms with E-state index in [-0.39, 0.29) is 11.3 Å². The van der Waals surface area contributed by atoms with E-state index in [1.807, 2.05) is 0 Å². The molecule has 1 heterocycles. The van der Waals surface area contributed by atoms with Crippen LogP contribution in [0.1, 0.15) is 35.1 Å². The monoisotopic (exact) mass is 535 g/mol. The lowest BCUT2D eigenvalue weighted by Gasteiger charge is -2.44. The van der Waals surface area contributed by atoms with Gasteiger partial charge < -0.3 is 4.98 Å². The maximum Gasteiger partial charge on any atom is 0.0551 e. The van der Waals surface area contributed by atoms with Gasteiger partial charge in [0.25, 0.3) is 0 Å². The van der Waals surface area contributed by atoms with Gasteiger partial charge in [0.2, 0.25) is 0 Å². The molecule has 0 aliphatic heterocycles. The van der Waals surface area contributed by atoms with Crippen molar-refractivity contribution in [2.24, 2.45) is 5.41 Å². The van der Waals surface area contributed by atoms with Crippen molar-refractivity contribution in [3.63, 3.8) is 0 Å². The molecule has 2 atom stereocenters. The number of rotatable bonds is 2. The summed E-state index contributed by atoms with van der Waals surface area (Å²) >= 11 is 0. The molecule has 1 heteroatoms. The number of aromatic amines is 1. The topological polar surface area (TPSA) is 15.8 Å². The third-order valence-corrected chi connectivity index (χ3v) is 9.71. The van der Waals surface area contributed by atoms with Crippen LogP contribution in [0.25, 0.3) is 48.9 Å². The van der Waals surface area contributed by atoms with E-state index in [2.05, 4.69) is 158 Å². The minimum absolute atomic E-state index is 0.182. The lowest BCUT2D eigenvalue weighted by molar-refractivity contribution is 0.449. The van der Waals surface area contributed by atoms with E-state index < -0.39 is 0 Å². The maximum absolute atomic E-state index is 3.89. The highest BCUT2D eigenvalue weighted by Gasteiger charge is 2.44. The molecular formula is C41H29N. The fourth-order valence-electron chi connectivity index (χ4n) is 7.92. The Morgan fingerprint density at radius 2 is 1.31 bits per heavy atom. The minimum atomic E-state index is -0.187. The highest BCUT2D eigenvalue weighted by molar-refractivity contribution is 6.31. The first-order valence-corrected chi connectivity index (χ1v) is 14.8. The lowest BCUT2D eigenvalue weighted by Crippen LogP contribution is -2.32. The molecule has 0 radical (unpaired) electrons. The summed E-state index contributed by atoms with van der Waals surface area (Å²) in [5.41, 5.74) is 10.3. The van der Waals surface area contributed by atoms with E-state index in [0.717, 1.165) is 0 Å². The first-order valence-electron chi connectivity index (χ1n) is 14.8. The molecule has 42 heavy (non-hydrogen) atoms. The molecule has 2 aliphatic carbocycles. The number of fused-ring (bicyclic) bond motifs is 10. The zero-order valence-corrected chi connectivity index (χ0v) is 23.4. The molecular weight excluding hydrogens is 506 g/mol. The van der Waals surface area contributed by atoms with Crippen molar-refractivity contribution < 1.29 is 0 Å². The summed E-state index contributed by atoms with van der Waals surface area (Å²) in [5, 5.41) is 7.78. The van der Waals surface area contributed by atoms with Gasteiger partial charge >= 0.3 is 0 Å². The fraction of sp³-hybridized carbons (Fsp3) is 0.0732. The van der Waals surface area contributed by atoms with Crippen molar-refractivity contribution in [3.05, 3.63) is 173 Å². The lowest BCUT2D eigenvalue weighted by atomic mass is 9.58. The molecule has 9 rings (SSSR count). The molecule has 0 fully saturated rings. The predicted octanol–water partition coefficient (Wildman–Crippen LogP) is 10.7. The van der Waals surface area contributed by atoms with Gasteiger partial charge in [-0.3, -0.25) is 0 Å². The van der Waals surface area contributed by atoms with Crippen LogP contribution in [0.15, 0.2) is 151 Å². The highest BCUT2D eigenvalue weighted by atomic mass is 14.7. The smallest absolute Gasteiger partial charge is 0.0551 e. The summed E-state index contributed by atoms with van der Waals surface area (Å²) in [5.74, 6) is 0.182. The van der Waals surface area contributed by atoms with E-state index in [4.69, 9.17) is 0 Å². The van der Waals surface area contributed by atoms with Crippen LogP contribution in [-0.2, 0) is 0 Å². The summed E-state index contributed by atoms with van der Waals surface area (Å²) in [6.07, 6.45) is 9.18. The number of H-pyrrole nitrogens is 1. The first kappa shape index (κ1) is 23.6. The van der Waals surface area contributed by atoms with Crippen LogP contribution in [0.5, 0.6) is 0 Å². The van der Waals surface area contributed by atoms with Gasteiger partial charge in [-0.2, -0.15) is 0 Å². The Bertz CT molecular complexity index is 2310. The molecule has 1 aromatic heterocycles. The van der Waals surface area contributed by atoms with Crippen molar-refractivity contribution >= 4 is 48.9 Å². The minimum Gasteiger partial charge on any atom is -0.354 e. The number of nitrogens with one attached hydrogen (secondary N) is 1. The number of hydrogen-bond acceptors (Lipinski definition) is 0. The number of benzene rings is 6. The van der Waals surface area contributed by atoms with E-state index in [1.54, 1.807) is 0 Å². The van der Waals surface area contributed by atoms with Crippen molar-refractivity contribution in [2.75, 3.05) is 0 Å². The molecule has 0 spiro atoms. The van der Waals surface area contributed by atoms with Gasteiger partial charge in [0, 0.05) is 33.0 Å². The zero-order valence-electron chi connectivity index (χ0n) is 23.4. The maximum atomic E-state index is 3.89. The molecule has 0 saturated heterocycles. The molecule has 198 valence electrons. The highest BCUT2D eigenvalue weighted by Crippen LogP contribution is 2.57. The van der Waals surface area contributed by atoms with Gasteiger partial charge in [-0.05, 0) is 55.6 Å². The van der Waals surface area contributed by atoms with Crippen LogP contribution in [0, 0.1) is 5.41 Å². The average Bonchev–Trinajstić information content (AvgIpc) is 3.43. The second-order valence-corrected chi connectivity index (χ2v) is 11.9. The van der Waals surface area contributed by atoms with Crippen molar-refractivity contribution in [3.8, 4) is 0 Å². The SMILES string of the molecule is CC12C=CC=CC1=C(c1ccccc1)c1ccccc1C2c1ccc2c(c1)[nH]c1c3ccccc3c3ccccc3c21. The molecule has 2 unspecified atom stereocenters. The second kappa shape index (κ2) is 8.68. The fourth-order valence-corrected chi connectivity index (χ4v) is 7.92. The van der Waals surface area contributed by atoms with Gasteiger partial charge in [-0.25, -0.2) is 0 Å². The molecule has 0 amide bonds. The Balaban J connectivity index is 1.33. The van der Waals surface area contributed by atoms with E-state index in [9.17, 15) is 0 Å². The summed E-state index contributed by atoms with van der Waals surface area (Å²) < 4.78 is 0. The third kappa shape index (κ3) is 3.14. The largest absolute Gasteiger partial charge is 0.354 e. The molecule has 1 nitrogen and oxygen atoms in total. The van der Waals surface area contributed by atoms with E-state index >= 15 is 0 Å². The number of hydrogen-bond donors (Lipinski definition) is 1. The van der Waals surface area contributed by atoms with Crippen LogP contribution in [0.3, 0.4) is 0 Å². The molecule has 2 aliphatic rings. The number of allylic oxidation sites excluding steroid dienone is 5. The van der Waals surface area contributed by atoms with Gasteiger partial charge in [0.1, 0.15) is 0 Å². The number of aromatic nitrogens is 1. The third-order valence-electron chi connectivity index (χ3n) is 9.71. The first-order chi connectivity index (χ1) is 20.7. The van der Waals surface area contributed by atoms with Crippen LogP contribution in [0.2, 0.25) is 0 Å². The van der Waals surface area contributed by atoms with E-state index in [1.165, 1.54) is 76.8 Å². The van der Waals surface area contributed by atoms with Crippen LogP contribution < -0.4 is 0 Å². The summed E-state index contributed by atoms with van der Waals surface area (Å²) in [6, 6.07) is 44.7. The van der Waals surface area contributed by atoms with Gasteiger partial charge in [-0.15, -0.1) is 0 Å². The average molecular weight is 536 g/mol.